The minimum Gasteiger partial charge on any atom is -0.378 e. The third-order valence-electron chi connectivity index (χ3n) is 6.60. The molecule has 0 unspecified atom stereocenters. The van der Waals surface area contributed by atoms with E-state index < -0.39 is 0 Å². The van der Waals surface area contributed by atoms with Crippen LogP contribution in [0, 0.1) is 5.92 Å². The molecular weight excluding hydrogens is 380 g/mol. The van der Waals surface area contributed by atoms with Crippen molar-refractivity contribution in [2.75, 3.05) is 49.6 Å². The van der Waals surface area contributed by atoms with Gasteiger partial charge >= 0.3 is 6.03 Å². The molecule has 2 aliphatic heterocycles. The summed E-state index contributed by atoms with van der Waals surface area (Å²) in [6.45, 7) is 4.67. The van der Waals surface area contributed by atoms with Gasteiger partial charge in [0.2, 0.25) is 5.91 Å². The van der Waals surface area contributed by atoms with Crippen LogP contribution in [0.3, 0.4) is 0 Å². The highest BCUT2D eigenvalue weighted by molar-refractivity contribution is 5.89. The molecule has 4 rings (SSSR count). The number of nitrogens with zero attached hydrogens (tertiary/aromatic N) is 2. The summed E-state index contributed by atoms with van der Waals surface area (Å²) in [7, 11) is 0. The second-order valence-electron chi connectivity index (χ2n) is 8.68. The Morgan fingerprint density at radius 1 is 0.867 bits per heavy atom. The average Bonchev–Trinajstić information content (AvgIpc) is 2.81. The summed E-state index contributed by atoms with van der Waals surface area (Å²) in [4.78, 5) is 29.2. The second-order valence-corrected chi connectivity index (χ2v) is 8.68. The normalized spacial score (nSPS) is 21.3. The van der Waals surface area contributed by atoms with Crippen molar-refractivity contribution in [3.63, 3.8) is 0 Å². The highest BCUT2D eigenvalue weighted by Gasteiger charge is 2.27. The third kappa shape index (κ3) is 5.45. The van der Waals surface area contributed by atoms with Gasteiger partial charge in [0, 0.05) is 49.5 Å². The summed E-state index contributed by atoms with van der Waals surface area (Å²) < 4.78 is 5.40. The number of nitrogens with one attached hydrogen (secondary N) is 2. The van der Waals surface area contributed by atoms with Crippen LogP contribution in [-0.2, 0) is 9.53 Å². The zero-order valence-electron chi connectivity index (χ0n) is 17.8. The number of piperidine rings is 1. The largest absolute Gasteiger partial charge is 0.378 e. The molecule has 1 saturated carbocycles. The fourth-order valence-electron chi connectivity index (χ4n) is 4.69. The number of rotatable bonds is 4. The van der Waals surface area contributed by atoms with Gasteiger partial charge < -0.3 is 25.2 Å². The SMILES string of the molecule is O=C(NC1CCN(C(=O)Nc2ccc(N3CCOCC3)cc2)CC1)C1CCCCC1. The first kappa shape index (κ1) is 21.0. The zero-order valence-corrected chi connectivity index (χ0v) is 17.8. The fraction of sp³-hybridized carbons (Fsp3) is 0.652. The Morgan fingerprint density at radius 2 is 1.53 bits per heavy atom. The first-order valence-corrected chi connectivity index (χ1v) is 11.5. The van der Waals surface area contributed by atoms with Crippen LogP contribution in [0.5, 0.6) is 0 Å². The van der Waals surface area contributed by atoms with Gasteiger partial charge in [-0.25, -0.2) is 4.79 Å². The van der Waals surface area contributed by atoms with E-state index in [1.54, 1.807) is 0 Å². The van der Waals surface area contributed by atoms with Crippen LogP contribution in [0.4, 0.5) is 16.2 Å². The molecule has 1 aliphatic carbocycles. The topological polar surface area (TPSA) is 73.9 Å². The molecule has 0 spiro atoms. The van der Waals surface area contributed by atoms with Gasteiger partial charge in [0.05, 0.1) is 13.2 Å². The van der Waals surface area contributed by atoms with Gasteiger partial charge in [0.1, 0.15) is 0 Å². The number of carbonyl (C=O) groups is 2. The Bertz CT molecular complexity index is 704. The molecule has 164 valence electrons. The maximum Gasteiger partial charge on any atom is 0.321 e. The van der Waals surface area contributed by atoms with E-state index in [2.05, 4.69) is 15.5 Å². The summed E-state index contributed by atoms with van der Waals surface area (Å²) in [5.74, 6) is 0.415. The quantitative estimate of drug-likeness (QED) is 0.793. The minimum absolute atomic E-state index is 0.0637. The molecule has 7 heteroatoms. The maximum atomic E-state index is 12.6. The zero-order chi connectivity index (χ0) is 20.8. The number of anilines is 2. The number of likely N-dealkylation sites (tertiary alicyclic amines) is 1. The summed E-state index contributed by atoms with van der Waals surface area (Å²) in [5, 5.41) is 6.23. The van der Waals surface area contributed by atoms with Gasteiger partial charge in [-0.2, -0.15) is 0 Å². The Balaban J connectivity index is 1.21. The maximum absolute atomic E-state index is 12.6. The lowest BCUT2D eigenvalue weighted by molar-refractivity contribution is -0.126. The number of hydrogen-bond donors (Lipinski definition) is 2. The van der Waals surface area contributed by atoms with E-state index in [1.807, 2.05) is 29.2 Å². The first-order chi connectivity index (χ1) is 14.7. The van der Waals surface area contributed by atoms with Crippen molar-refractivity contribution in [1.29, 1.82) is 0 Å². The summed E-state index contributed by atoms with van der Waals surface area (Å²) >= 11 is 0. The van der Waals surface area contributed by atoms with Crippen molar-refractivity contribution >= 4 is 23.3 Å². The van der Waals surface area contributed by atoms with E-state index >= 15 is 0 Å². The lowest BCUT2D eigenvalue weighted by Crippen LogP contribution is -2.49. The molecule has 0 atom stereocenters. The molecule has 7 nitrogen and oxygen atoms in total. The fourth-order valence-corrected chi connectivity index (χ4v) is 4.69. The van der Waals surface area contributed by atoms with Crippen LogP contribution in [0.25, 0.3) is 0 Å². The van der Waals surface area contributed by atoms with Crippen LogP contribution < -0.4 is 15.5 Å². The van der Waals surface area contributed by atoms with Gasteiger partial charge in [0.25, 0.3) is 0 Å². The Hall–Kier alpha value is -2.28. The van der Waals surface area contributed by atoms with Gasteiger partial charge in [0.15, 0.2) is 0 Å². The van der Waals surface area contributed by atoms with Gasteiger partial charge in [-0.3, -0.25) is 4.79 Å². The lowest BCUT2D eigenvalue weighted by atomic mass is 9.88. The number of urea groups is 1. The highest BCUT2D eigenvalue weighted by atomic mass is 16.5. The summed E-state index contributed by atoms with van der Waals surface area (Å²) in [6, 6.07) is 8.14. The molecule has 1 aromatic carbocycles. The number of benzene rings is 1. The van der Waals surface area contributed by atoms with Gasteiger partial charge in [-0.1, -0.05) is 19.3 Å². The molecule has 3 fully saturated rings. The molecular formula is C23H34N4O3. The smallest absolute Gasteiger partial charge is 0.321 e. The monoisotopic (exact) mass is 414 g/mol. The molecule has 0 aromatic heterocycles. The molecule has 30 heavy (non-hydrogen) atoms. The van der Waals surface area contributed by atoms with Crippen LogP contribution in [0.15, 0.2) is 24.3 Å². The molecule has 0 radical (unpaired) electrons. The Kier molecular flexibility index (Phi) is 7.10. The number of hydrogen-bond acceptors (Lipinski definition) is 4. The third-order valence-corrected chi connectivity index (χ3v) is 6.60. The van der Waals surface area contributed by atoms with Gasteiger partial charge in [-0.15, -0.1) is 0 Å². The predicted molar refractivity (Wildman–Crippen MR) is 118 cm³/mol. The highest BCUT2D eigenvalue weighted by Crippen LogP contribution is 2.24. The molecule has 1 aromatic rings. The van der Waals surface area contributed by atoms with Crippen molar-refractivity contribution < 1.29 is 14.3 Å². The standard InChI is InChI=1S/C23H34N4O3/c28-22(18-4-2-1-3-5-18)24-20-10-12-27(13-11-20)23(29)25-19-6-8-21(9-7-19)26-14-16-30-17-15-26/h6-9,18,20H,1-5,10-17H2,(H,24,28)(H,25,29). The number of carbonyl (C=O) groups excluding carboxylic acids is 2. The lowest BCUT2D eigenvalue weighted by Gasteiger charge is -2.33. The van der Waals surface area contributed by atoms with Crippen molar-refractivity contribution in [3.05, 3.63) is 24.3 Å². The van der Waals surface area contributed by atoms with E-state index in [-0.39, 0.29) is 23.9 Å². The Labute approximate surface area is 179 Å². The molecule has 3 aliphatic rings. The van der Waals surface area contributed by atoms with E-state index in [0.717, 1.165) is 63.4 Å². The summed E-state index contributed by atoms with van der Waals surface area (Å²) in [6.07, 6.45) is 7.29. The van der Waals surface area contributed by atoms with Crippen molar-refractivity contribution in [2.45, 2.75) is 51.0 Å². The number of morpholine rings is 1. The van der Waals surface area contributed by atoms with E-state index in [9.17, 15) is 9.59 Å². The van der Waals surface area contributed by atoms with E-state index in [4.69, 9.17) is 4.74 Å². The first-order valence-electron chi connectivity index (χ1n) is 11.5. The molecule has 2 heterocycles. The second kappa shape index (κ2) is 10.2. The van der Waals surface area contributed by atoms with Crippen LogP contribution >= 0.6 is 0 Å². The average molecular weight is 415 g/mol. The van der Waals surface area contributed by atoms with Crippen molar-refractivity contribution in [1.82, 2.24) is 10.2 Å². The van der Waals surface area contributed by atoms with Crippen LogP contribution in [0.1, 0.15) is 44.9 Å². The van der Waals surface area contributed by atoms with Crippen molar-refractivity contribution in [3.8, 4) is 0 Å². The minimum atomic E-state index is -0.0637. The van der Waals surface area contributed by atoms with E-state index in [0.29, 0.717) is 13.1 Å². The number of ether oxygens (including phenoxy) is 1. The van der Waals surface area contributed by atoms with Crippen LogP contribution in [0.2, 0.25) is 0 Å². The number of amides is 3. The predicted octanol–water partition coefficient (Wildman–Crippen LogP) is 3.22. The molecule has 2 N–H and O–H groups in total. The molecule has 3 amide bonds. The van der Waals surface area contributed by atoms with E-state index in [1.165, 1.54) is 19.3 Å². The van der Waals surface area contributed by atoms with Crippen molar-refractivity contribution in [2.24, 2.45) is 5.92 Å². The summed E-state index contributed by atoms with van der Waals surface area (Å²) in [5.41, 5.74) is 1.97. The van der Waals surface area contributed by atoms with Gasteiger partial charge in [-0.05, 0) is 49.9 Å². The molecule has 0 bridgehead atoms. The molecule has 2 saturated heterocycles. The Morgan fingerprint density at radius 3 is 2.20 bits per heavy atom. The van der Waals surface area contributed by atoms with Crippen LogP contribution in [-0.4, -0.2) is 62.3 Å².